The van der Waals surface area contributed by atoms with Crippen molar-refractivity contribution in [1.29, 1.82) is 0 Å². The predicted octanol–water partition coefficient (Wildman–Crippen LogP) is 4.99. The SMILES string of the molecule is O=C(c1ccc(Nc2cccc(C(F)F)c2)c2ccccc12)N1CCOCC1. The van der Waals surface area contributed by atoms with Crippen LogP contribution in [-0.4, -0.2) is 37.1 Å². The van der Waals surface area contributed by atoms with Crippen LogP contribution in [0, 0.1) is 0 Å². The highest BCUT2D eigenvalue weighted by atomic mass is 19.3. The van der Waals surface area contributed by atoms with Gasteiger partial charge in [-0.2, -0.15) is 0 Å². The summed E-state index contributed by atoms with van der Waals surface area (Å²) in [5, 5.41) is 4.90. The van der Waals surface area contributed by atoms with Crippen LogP contribution < -0.4 is 5.32 Å². The van der Waals surface area contributed by atoms with E-state index in [2.05, 4.69) is 5.32 Å². The van der Waals surface area contributed by atoms with Gasteiger partial charge >= 0.3 is 0 Å². The number of carbonyl (C=O) groups excluding carboxylic acids is 1. The first-order valence-corrected chi connectivity index (χ1v) is 9.17. The number of fused-ring (bicyclic) bond motifs is 1. The summed E-state index contributed by atoms with van der Waals surface area (Å²) in [6.45, 7) is 2.24. The van der Waals surface area contributed by atoms with E-state index < -0.39 is 6.43 Å². The average molecular weight is 382 g/mol. The number of nitrogens with zero attached hydrogens (tertiary/aromatic N) is 1. The van der Waals surface area contributed by atoms with Crippen LogP contribution in [0.25, 0.3) is 10.8 Å². The molecule has 1 aliphatic rings. The van der Waals surface area contributed by atoms with E-state index in [1.165, 1.54) is 12.1 Å². The molecule has 0 bridgehead atoms. The van der Waals surface area contributed by atoms with Crippen molar-refractivity contribution >= 4 is 28.1 Å². The summed E-state index contributed by atoms with van der Waals surface area (Å²) >= 11 is 0. The van der Waals surface area contributed by atoms with Crippen molar-refractivity contribution in [3.63, 3.8) is 0 Å². The normalized spacial score (nSPS) is 14.5. The molecule has 3 aromatic rings. The van der Waals surface area contributed by atoms with Gasteiger partial charge in [0.2, 0.25) is 0 Å². The molecule has 1 heterocycles. The van der Waals surface area contributed by atoms with Gasteiger partial charge in [0, 0.05) is 41.0 Å². The highest BCUT2D eigenvalue weighted by Crippen LogP contribution is 2.31. The van der Waals surface area contributed by atoms with E-state index in [4.69, 9.17) is 4.74 Å². The van der Waals surface area contributed by atoms with Gasteiger partial charge in [-0.3, -0.25) is 4.79 Å². The van der Waals surface area contributed by atoms with E-state index in [1.54, 1.807) is 23.1 Å². The Morgan fingerprint density at radius 2 is 1.71 bits per heavy atom. The molecule has 3 aromatic carbocycles. The zero-order chi connectivity index (χ0) is 19.5. The maximum Gasteiger partial charge on any atom is 0.263 e. The van der Waals surface area contributed by atoms with E-state index in [1.807, 2.05) is 30.3 Å². The minimum atomic E-state index is -2.52. The first kappa shape index (κ1) is 18.4. The standard InChI is InChI=1S/C22H20F2N2O2/c23-21(24)15-4-3-5-16(14-15)25-20-9-8-19(17-6-1-2-7-18(17)20)22(27)26-10-12-28-13-11-26/h1-9,14,21,25H,10-13H2. The van der Waals surface area contributed by atoms with Gasteiger partial charge in [0.25, 0.3) is 12.3 Å². The summed E-state index contributed by atoms with van der Waals surface area (Å²) in [5.41, 5.74) is 1.94. The highest BCUT2D eigenvalue weighted by Gasteiger charge is 2.21. The number of amides is 1. The molecule has 1 N–H and O–H groups in total. The van der Waals surface area contributed by atoms with Gasteiger partial charge < -0.3 is 15.0 Å². The second-order valence-electron chi connectivity index (χ2n) is 6.66. The van der Waals surface area contributed by atoms with Crippen molar-refractivity contribution in [3.05, 3.63) is 71.8 Å². The molecule has 6 heteroatoms. The second-order valence-corrected chi connectivity index (χ2v) is 6.66. The molecule has 1 saturated heterocycles. The zero-order valence-electron chi connectivity index (χ0n) is 15.2. The predicted molar refractivity (Wildman–Crippen MR) is 105 cm³/mol. The van der Waals surface area contributed by atoms with Crippen LogP contribution >= 0.6 is 0 Å². The zero-order valence-corrected chi connectivity index (χ0v) is 15.2. The first-order chi connectivity index (χ1) is 13.6. The Bertz CT molecular complexity index is 1000. The molecule has 0 aliphatic carbocycles. The summed E-state index contributed by atoms with van der Waals surface area (Å²) < 4.78 is 31.3. The molecule has 0 unspecified atom stereocenters. The number of benzene rings is 3. The van der Waals surface area contributed by atoms with Gasteiger partial charge in [0.05, 0.1) is 13.2 Å². The van der Waals surface area contributed by atoms with Gasteiger partial charge in [-0.25, -0.2) is 8.78 Å². The number of morpholine rings is 1. The maximum atomic E-state index is 13.0. The third-order valence-electron chi connectivity index (χ3n) is 4.87. The number of carbonyl (C=O) groups is 1. The van der Waals surface area contributed by atoms with Crippen LogP contribution in [0.5, 0.6) is 0 Å². The van der Waals surface area contributed by atoms with Gasteiger partial charge in [-0.05, 0) is 29.7 Å². The van der Waals surface area contributed by atoms with Crippen LogP contribution in [-0.2, 0) is 4.74 Å². The Kier molecular flexibility index (Phi) is 5.21. The average Bonchev–Trinajstić information content (AvgIpc) is 2.74. The van der Waals surface area contributed by atoms with Crippen molar-refractivity contribution in [3.8, 4) is 0 Å². The molecule has 144 valence electrons. The van der Waals surface area contributed by atoms with Gasteiger partial charge in [-0.15, -0.1) is 0 Å². The Morgan fingerprint density at radius 1 is 0.964 bits per heavy atom. The van der Waals surface area contributed by atoms with Crippen molar-refractivity contribution in [2.45, 2.75) is 6.43 Å². The smallest absolute Gasteiger partial charge is 0.263 e. The van der Waals surface area contributed by atoms with Crippen molar-refractivity contribution in [2.75, 3.05) is 31.6 Å². The number of hydrogen-bond acceptors (Lipinski definition) is 3. The fourth-order valence-electron chi connectivity index (χ4n) is 3.44. The molecular weight excluding hydrogens is 362 g/mol. The van der Waals surface area contributed by atoms with Gasteiger partial charge in [0.1, 0.15) is 0 Å². The van der Waals surface area contributed by atoms with Crippen molar-refractivity contribution < 1.29 is 18.3 Å². The lowest BCUT2D eigenvalue weighted by Gasteiger charge is -2.27. The minimum absolute atomic E-state index is 0.0225. The third kappa shape index (κ3) is 3.68. The molecule has 0 radical (unpaired) electrons. The van der Waals surface area contributed by atoms with Crippen molar-refractivity contribution in [1.82, 2.24) is 4.90 Å². The van der Waals surface area contributed by atoms with Gasteiger partial charge in [-0.1, -0.05) is 36.4 Å². The van der Waals surface area contributed by atoms with Crippen LogP contribution in [0.3, 0.4) is 0 Å². The molecule has 0 saturated carbocycles. The number of nitrogens with one attached hydrogen (secondary N) is 1. The second kappa shape index (κ2) is 7.94. The Hall–Kier alpha value is -2.99. The highest BCUT2D eigenvalue weighted by molar-refractivity contribution is 6.10. The van der Waals surface area contributed by atoms with Crippen molar-refractivity contribution in [2.24, 2.45) is 0 Å². The number of halogens is 2. The topological polar surface area (TPSA) is 41.6 Å². The molecular formula is C22H20F2N2O2. The lowest BCUT2D eigenvalue weighted by molar-refractivity contribution is 0.0304. The third-order valence-corrected chi connectivity index (χ3v) is 4.87. The number of anilines is 2. The Morgan fingerprint density at radius 3 is 2.46 bits per heavy atom. The molecule has 0 spiro atoms. The summed E-state index contributed by atoms with van der Waals surface area (Å²) in [7, 11) is 0. The summed E-state index contributed by atoms with van der Waals surface area (Å²) in [6, 6.07) is 17.4. The van der Waals surface area contributed by atoms with Crippen LogP contribution in [0.1, 0.15) is 22.3 Å². The van der Waals surface area contributed by atoms with Crippen LogP contribution in [0.2, 0.25) is 0 Å². The van der Waals surface area contributed by atoms with E-state index in [0.29, 0.717) is 37.6 Å². The fourth-order valence-corrected chi connectivity index (χ4v) is 3.44. The molecule has 0 aromatic heterocycles. The lowest BCUT2D eigenvalue weighted by Crippen LogP contribution is -2.40. The summed E-state index contributed by atoms with van der Waals surface area (Å²) in [5.74, 6) is -0.0225. The molecule has 1 amide bonds. The summed E-state index contributed by atoms with van der Waals surface area (Å²) in [4.78, 5) is 14.8. The Labute approximate surface area is 161 Å². The first-order valence-electron chi connectivity index (χ1n) is 9.17. The lowest BCUT2D eigenvalue weighted by atomic mass is 10.0. The largest absolute Gasteiger partial charge is 0.378 e. The Balaban J connectivity index is 1.69. The number of alkyl halides is 2. The molecule has 28 heavy (non-hydrogen) atoms. The monoisotopic (exact) mass is 382 g/mol. The van der Waals surface area contributed by atoms with Gasteiger partial charge in [0.15, 0.2) is 0 Å². The number of rotatable bonds is 4. The molecule has 1 fully saturated rings. The van der Waals surface area contributed by atoms with E-state index in [-0.39, 0.29) is 11.5 Å². The van der Waals surface area contributed by atoms with E-state index in [9.17, 15) is 13.6 Å². The van der Waals surface area contributed by atoms with E-state index >= 15 is 0 Å². The molecule has 0 atom stereocenters. The molecule has 1 aliphatic heterocycles. The fraction of sp³-hybridized carbons (Fsp3) is 0.227. The molecule has 4 rings (SSSR count). The number of hydrogen-bond donors (Lipinski definition) is 1. The quantitative estimate of drug-likeness (QED) is 0.691. The van der Waals surface area contributed by atoms with E-state index in [0.717, 1.165) is 16.5 Å². The minimum Gasteiger partial charge on any atom is -0.378 e. The van der Waals surface area contributed by atoms with Crippen LogP contribution in [0.4, 0.5) is 20.2 Å². The maximum absolute atomic E-state index is 13.0. The summed E-state index contributed by atoms with van der Waals surface area (Å²) in [6.07, 6.45) is -2.52. The van der Waals surface area contributed by atoms with Crippen LogP contribution in [0.15, 0.2) is 60.7 Å². The number of ether oxygens (including phenoxy) is 1. The molecule has 4 nitrogen and oxygen atoms in total.